The molecule has 0 rings (SSSR count). The number of hydrogen-bond donors (Lipinski definition) is 1. The van der Waals surface area contributed by atoms with E-state index in [1.807, 2.05) is 13.8 Å². The Hall–Kier alpha value is -0.370. The van der Waals surface area contributed by atoms with Crippen LogP contribution in [0.2, 0.25) is 0 Å². The summed E-state index contributed by atoms with van der Waals surface area (Å²) in [6.07, 6.45) is 2.06. The van der Waals surface area contributed by atoms with Gasteiger partial charge in [-0.05, 0) is 6.42 Å². The second kappa shape index (κ2) is 5.30. The molecule has 0 saturated carbocycles. The summed E-state index contributed by atoms with van der Waals surface area (Å²) in [5.41, 5.74) is 5.39. The van der Waals surface area contributed by atoms with Gasteiger partial charge in [0.15, 0.2) is 0 Å². The van der Waals surface area contributed by atoms with Crippen molar-refractivity contribution in [2.24, 2.45) is 17.6 Å². The third-order valence-electron chi connectivity index (χ3n) is 2.05. The van der Waals surface area contributed by atoms with Gasteiger partial charge in [0.2, 0.25) is 0 Å². The van der Waals surface area contributed by atoms with Crippen molar-refractivity contribution in [1.82, 2.24) is 0 Å². The average molecular weight is 157 g/mol. The van der Waals surface area contributed by atoms with Gasteiger partial charge < -0.3 is 5.73 Å². The summed E-state index contributed by atoms with van der Waals surface area (Å²) in [5.74, 6) is 0.546. The number of Topliss-reactive ketones (excluding diaryl/α,β-unsaturated/α-hetero) is 1. The lowest BCUT2D eigenvalue weighted by Crippen LogP contribution is -2.25. The number of carbonyl (C=O) groups excluding carboxylic acids is 1. The fourth-order valence-corrected chi connectivity index (χ4v) is 1.18. The Labute approximate surface area is 69.2 Å². The fourth-order valence-electron chi connectivity index (χ4n) is 1.18. The van der Waals surface area contributed by atoms with E-state index in [0.29, 0.717) is 12.3 Å². The van der Waals surface area contributed by atoms with Gasteiger partial charge in [-0.3, -0.25) is 4.79 Å². The van der Waals surface area contributed by atoms with Gasteiger partial charge in [-0.25, -0.2) is 0 Å². The highest BCUT2D eigenvalue weighted by atomic mass is 16.1. The Bertz CT molecular complexity index is 123. The maximum atomic E-state index is 11.4. The Balaban J connectivity index is 3.81. The molecule has 66 valence electrons. The first-order valence-corrected chi connectivity index (χ1v) is 4.37. The van der Waals surface area contributed by atoms with Gasteiger partial charge in [-0.1, -0.05) is 27.2 Å². The molecule has 0 heterocycles. The van der Waals surface area contributed by atoms with Crippen molar-refractivity contribution in [3.63, 3.8) is 0 Å². The van der Waals surface area contributed by atoms with Crippen molar-refractivity contribution in [3.8, 4) is 0 Å². The van der Waals surface area contributed by atoms with Crippen LogP contribution in [0.5, 0.6) is 0 Å². The molecule has 11 heavy (non-hydrogen) atoms. The van der Waals surface area contributed by atoms with Crippen LogP contribution in [-0.2, 0) is 4.79 Å². The standard InChI is InChI=1S/C9H19NO/c1-4-5-7(2)9(11)8(3)6-10/h7-8H,4-6,10H2,1-3H3. The highest BCUT2D eigenvalue weighted by Gasteiger charge is 2.17. The van der Waals surface area contributed by atoms with Gasteiger partial charge in [0.05, 0.1) is 0 Å². The monoisotopic (exact) mass is 157 g/mol. The van der Waals surface area contributed by atoms with Crippen molar-refractivity contribution in [2.75, 3.05) is 6.54 Å². The molecule has 0 aromatic rings. The van der Waals surface area contributed by atoms with E-state index < -0.39 is 0 Å². The lowest BCUT2D eigenvalue weighted by molar-refractivity contribution is -0.125. The molecule has 2 N–H and O–H groups in total. The van der Waals surface area contributed by atoms with Gasteiger partial charge in [-0.2, -0.15) is 0 Å². The number of carbonyl (C=O) groups is 1. The minimum atomic E-state index is 0.0385. The fraction of sp³-hybridized carbons (Fsp3) is 0.889. The molecule has 0 saturated heterocycles. The smallest absolute Gasteiger partial charge is 0.139 e. The Morgan fingerprint density at radius 3 is 2.27 bits per heavy atom. The highest BCUT2D eigenvalue weighted by molar-refractivity contribution is 5.82. The summed E-state index contributed by atoms with van der Waals surface area (Å²) in [7, 11) is 0. The molecule has 0 aromatic carbocycles. The van der Waals surface area contributed by atoms with E-state index in [0.717, 1.165) is 12.8 Å². The summed E-state index contributed by atoms with van der Waals surface area (Å²) >= 11 is 0. The molecule has 0 aliphatic rings. The quantitative estimate of drug-likeness (QED) is 0.658. The molecule has 0 aromatic heterocycles. The van der Waals surface area contributed by atoms with Crippen LogP contribution in [0.4, 0.5) is 0 Å². The molecule has 0 bridgehead atoms. The maximum Gasteiger partial charge on any atom is 0.139 e. The van der Waals surface area contributed by atoms with Gasteiger partial charge >= 0.3 is 0 Å². The van der Waals surface area contributed by atoms with E-state index in [4.69, 9.17) is 5.73 Å². The Morgan fingerprint density at radius 1 is 1.36 bits per heavy atom. The zero-order valence-electron chi connectivity index (χ0n) is 7.76. The van der Waals surface area contributed by atoms with Crippen molar-refractivity contribution in [3.05, 3.63) is 0 Å². The molecular formula is C9H19NO. The van der Waals surface area contributed by atoms with E-state index >= 15 is 0 Å². The molecule has 0 spiro atoms. The second-order valence-electron chi connectivity index (χ2n) is 3.23. The molecule has 0 amide bonds. The van der Waals surface area contributed by atoms with E-state index in [2.05, 4.69) is 6.92 Å². The first kappa shape index (κ1) is 10.6. The van der Waals surface area contributed by atoms with Crippen molar-refractivity contribution in [2.45, 2.75) is 33.6 Å². The normalized spacial score (nSPS) is 16.0. The third-order valence-corrected chi connectivity index (χ3v) is 2.05. The molecule has 2 heteroatoms. The SMILES string of the molecule is CCCC(C)C(=O)C(C)CN. The molecule has 2 nitrogen and oxygen atoms in total. The minimum absolute atomic E-state index is 0.0385. The van der Waals surface area contributed by atoms with Gasteiger partial charge in [0, 0.05) is 18.4 Å². The van der Waals surface area contributed by atoms with Crippen LogP contribution >= 0.6 is 0 Å². The van der Waals surface area contributed by atoms with Crippen LogP contribution in [0.3, 0.4) is 0 Å². The van der Waals surface area contributed by atoms with Gasteiger partial charge in [0.25, 0.3) is 0 Å². The average Bonchev–Trinajstić information content (AvgIpc) is 2.02. The van der Waals surface area contributed by atoms with Crippen LogP contribution in [0, 0.1) is 11.8 Å². The summed E-state index contributed by atoms with van der Waals surface area (Å²) in [4.78, 5) is 11.4. The van der Waals surface area contributed by atoms with Gasteiger partial charge in [0.1, 0.15) is 5.78 Å². The molecule has 0 fully saturated rings. The first-order chi connectivity index (χ1) is 5.13. The van der Waals surface area contributed by atoms with Crippen molar-refractivity contribution >= 4 is 5.78 Å². The van der Waals surface area contributed by atoms with Crippen LogP contribution in [-0.4, -0.2) is 12.3 Å². The molecule has 0 aliphatic heterocycles. The van der Waals surface area contributed by atoms with E-state index in [1.54, 1.807) is 0 Å². The Morgan fingerprint density at radius 2 is 1.91 bits per heavy atom. The number of rotatable bonds is 5. The Kier molecular flexibility index (Phi) is 5.12. The highest BCUT2D eigenvalue weighted by Crippen LogP contribution is 2.11. The molecule has 2 atom stereocenters. The zero-order chi connectivity index (χ0) is 8.85. The number of nitrogens with two attached hydrogens (primary N) is 1. The summed E-state index contributed by atoms with van der Waals surface area (Å²) in [6.45, 7) is 6.45. The predicted molar refractivity (Wildman–Crippen MR) is 47.3 cm³/mol. The molecule has 0 aliphatic carbocycles. The third kappa shape index (κ3) is 3.51. The number of hydrogen-bond acceptors (Lipinski definition) is 2. The lowest BCUT2D eigenvalue weighted by atomic mass is 9.92. The second-order valence-corrected chi connectivity index (χ2v) is 3.23. The molecule has 2 unspecified atom stereocenters. The van der Waals surface area contributed by atoms with E-state index in [-0.39, 0.29) is 11.8 Å². The number of ketones is 1. The maximum absolute atomic E-state index is 11.4. The van der Waals surface area contributed by atoms with Crippen molar-refractivity contribution in [1.29, 1.82) is 0 Å². The predicted octanol–water partition coefficient (Wildman–Crippen LogP) is 1.59. The van der Waals surface area contributed by atoms with Gasteiger partial charge in [-0.15, -0.1) is 0 Å². The molecule has 0 radical (unpaired) electrons. The summed E-state index contributed by atoms with van der Waals surface area (Å²) in [6, 6.07) is 0. The minimum Gasteiger partial charge on any atom is -0.330 e. The summed E-state index contributed by atoms with van der Waals surface area (Å²) in [5, 5.41) is 0. The zero-order valence-corrected chi connectivity index (χ0v) is 7.76. The van der Waals surface area contributed by atoms with Crippen molar-refractivity contribution < 1.29 is 4.79 Å². The van der Waals surface area contributed by atoms with E-state index in [1.165, 1.54) is 0 Å². The first-order valence-electron chi connectivity index (χ1n) is 4.37. The van der Waals surface area contributed by atoms with Crippen LogP contribution in [0.25, 0.3) is 0 Å². The van der Waals surface area contributed by atoms with E-state index in [9.17, 15) is 4.79 Å². The largest absolute Gasteiger partial charge is 0.330 e. The van der Waals surface area contributed by atoms with Crippen LogP contribution < -0.4 is 5.73 Å². The van der Waals surface area contributed by atoms with Crippen LogP contribution in [0.15, 0.2) is 0 Å². The molecular weight excluding hydrogens is 138 g/mol. The van der Waals surface area contributed by atoms with Crippen LogP contribution in [0.1, 0.15) is 33.6 Å². The summed E-state index contributed by atoms with van der Waals surface area (Å²) < 4.78 is 0. The lowest BCUT2D eigenvalue weighted by Gasteiger charge is -2.13. The topological polar surface area (TPSA) is 43.1 Å².